The van der Waals surface area contributed by atoms with Crippen LogP contribution in [0.5, 0.6) is 5.75 Å². The molecule has 0 spiro atoms. The lowest BCUT2D eigenvalue weighted by Gasteiger charge is -2.26. The fraction of sp³-hybridized carbons (Fsp3) is 0.320. The summed E-state index contributed by atoms with van der Waals surface area (Å²) in [6.45, 7) is 8.14. The minimum absolute atomic E-state index is 0.162. The highest BCUT2D eigenvalue weighted by molar-refractivity contribution is 6.06. The van der Waals surface area contributed by atoms with E-state index in [0.717, 1.165) is 67.1 Å². The molecule has 1 aliphatic rings. The van der Waals surface area contributed by atoms with Crippen molar-refractivity contribution in [3.63, 3.8) is 0 Å². The van der Waals surface area contributed by atoms with E-state index in [9.17, 15) is 4.79 Å². The second-order valence-electron chi connectivity index (χ2n) is 8.06. The minimum atomic E-state index is -0.162. The van der Waals surface area contributed by atoms with Gasteiger partial charge < -0.3 is 24.3 Å². The molecule has 4 aromatic rings. The van der Waals surface area contributed by atoms with Gasteiger partial charge in [0.25, 0.3) is 5.91 Å². The first-order valence-electron chi connectivity index (χ1n) is 11.2. The molecule has 2 aromatic heterocycles. The van der Waals surface area contributed by atoms with Crippen LogP contribution in [0.2, 0.25) is 0 Å². The largest absolute Gasteiger partial charge is 0.494 e. The molecule has 0 saturated carbocycles. The number of amides is 1. The van der Waals surface area contributed by atoms with Crippen LogP contribution in [0.4, 0.5) is 5.69 Å². The number of morpholine rings is 1. The van der Waals surface area contributed by atoms with Crippen molar-refractivity contribution in [2.24, 2.45) is 0 Å². The van der Waals surface area contributed by atoms with E-state index in [1.54, 1.807) is 0 Å². The zero-order chi connectivity index (χ0) is 21.9. The molecule has 1 saturated heterocycles. The van der Waals surface area contributed by atoms with Crippen LogP contribution in [-0.2, 0) is 11.3 Å². The first-order chi connectivity index (χ1) is 15.7. The number of hydrogen-bond donors (Lipinski definition) is 2. The average Bonchev–Trinajstić information content (AvgIpc) is 3.42. The highest BCUT2D eigenvalue weighted by Crippen LogP contribution is 2.24. The van der Waals surface area contributed by atoms with Gasteiger partial charge in [-0.3, -0.25) is 9.69 Å². The predicted molar refractivity (Wildman–Crippen MR) is 127 cm³/mol. The Bertz CT molecular complexity index is 1240. The van der Waals surface area contributed by atoms with Crippen LogP contribution >= 0.6 is 0 Å². The summed E-state index contributed by atoms with van der Waals surface area (Å²) in [6.07, 6.45) is 2.12. The van der Waals surface area contributed by atoms with Gasteiger partial charge in [-0.2, -0.15) is 0 Å². The Labute approximate surface area is 186 Å². The topological polar surface area (TPSA) is 71.5 Å². The zero-order valence-corrected chi connectivity index (χ0v) is 18.3. The van der Waals surface area contributed by atoms with Crippen molar-refractivity contribution in [3.8, 4) is 5.75 Å². The van der Waals surface area contributed by atoms with E-state index in [1.165, 1.54) is 5.52 Å². The number of nitrogens with one attached hydrogen (secondary N) is 2. The summed E-state index contributed by atoms with van der Waals surface area (Å²) in [5, 5.41) is 5.10. The number of carbonyl (C=O) groups excluding carboxylic acids is 1. The maximum atomic E-state index is 12.8. The fourth-order valence-corrected chi connectivity index (χ4v) is 4.23. The third-order valence-electron chi connectivity index (χ3n) is 5.94. The molecule has 1 aliphatic heterocycles. The van der Waals surface area contributed by atoms with Crippen LogP contribution in [0.15, 0.2) is 54.7 Å². The Morgan fingerprint density at radius 2 is 1.94 bits per heavy atom. The number of anilines is 1. The van der Waals surface area contributed by atoms with Crippen molar-refractivity contribution in [2.45, 2.75) is 13.5 Å². The second kappa shape index (κ2) is 9.06. The SMILES string of the molecule is CCOc1ccc2cc(C(=O)Nc3ccc4c(ccn4CCN4CCOCC4)c3)[nH]c2c1. The van der Waals surface area contributed by atoms with Crippen molar-refractivity contribution >= 4 is 33.4 Å². The molecule has 0 atom stereocenters. The number of rotatable bonds is 7. The van der Waals surface area contributed by atoms with E-state index < -0.39 is 0 Å². The molecular formula is C25H28N4O3. The Kier molecular flexibility index (Phi) is 5.83. The highest BCUT2D eigenvalue weighted by atomic mass is 16.5. The zero-order valence-electron chi connectivity index (χ0n) is 18.3. The van der Waals surface area contributed by atoms with Crippen molar-refractivity contribution in [3.05, 3.63) is 60.4 Å². The molecule has 7 nitrogen and oxygen atoms in total. The summed E-state index contributed by atoms with van der Waals surface area (Å²) in [4.78, 5) is 18.4. The molecule has 0 bridgehead atoms. The molecule has 7 heteroatoms. The number of fused-ring (bicyclic) bond motifs is 2. The van der Waals surface area contributed by atoms with Gasteiger partial charge >= 0.3 is 0 Å². The quantitative estimate of drug-likeness (QED) is 0.461. The number of H-pyrrole nitrogens is 1. The lowest BCUT2D eigenvalue weighted by atomic mass is 10.2. The molecule has 0 radical (unpaired) electrons. The molecule has 32 heavy (non-hydrogen) atoms. The van der Waals surface area contributed by atoms with Gasteiger partial charge in [0, 0.05) is 65.9 Å². The van der Waals surface area contributed by atoms with Gasteiger partial charge in [0.1, 0.15) is 11.4 Å². The minimum Gasteiger partial charge on any atom is -0.494 e. The van der Waals surface area contributed by atoms with Gasteiger partial charge in [-0.15, -0.1) is 0 Å². The molecule has 5 rings (SSSR count). The average molecular weight is 433 g/mol. The third-order valence-corrected chi connectivity index (χ3v) is 5.94. The van der Waals surface area contributed by atoms with Crippen LogP contribution in [0.1, 0.15) is 17.4 Å². The molecule has 0 unspecified atom stereocenters. The van der Waals surface area contributed by atoms with Gasteiger partial charge in [0.15, 0.2) is 0 Å². The number of aromatic nitrogens is 2. The smallest absolute Gasteiger partial charge is 0.272 e. The van der Waals surface area contributed by atoms with Crippen molar-refractivity contribution in [1.82, 2.24) is 14.5 Å². The highest BCUT2D eigenvalue weighted by Gasteiger charge is 2.13. The molecule has 166 valence electrons. The summed E-state index contributed by atoms with van der Waals surface area (Å²) in [6, 6.07) is 15.8. The molecule has 1 amide bonds. The maximum absolute atomic E-state index is 12.8. The lowest BCUT2D eigenvalue weighted by molar-refractivity contribution is 0.0365. The van der Waals surface area contributed by atoms with E-state index in [2.05, 4.69) is 38.1 Å². The number of aromatic amines is 1. The Balaban J connectivity index is 1.27. The van der Waals surface area contributed by atoms with Crippen LogP contribution in [0.3, 0.4) is 0 Å². The Morgan fingerprint density at radius 3 is 2.78 bits per heavy atom. The van der Waals surface area contributed by atoms with Crippen LogP contribution in [0, 0.1) is 0 Å². The maximum Gasteiger partial charge on any atom is 0.272 e. The van der Waals surface area contributed by atoms with Gasteiger partial charge in [-0.25, -0.2) is 0 Å². The number of ether oxygens (including phenoxy) is 2. The molecule has 2 N–H and O–H groups in total. The fourth-order valence-electron chi connectivity index (χ4n) is 4.23. The molecule has 1 fully saturated rings. The molecule has 3 heterocycles. The molecule has 0 aliphatic carbocycles. The Hall–Kier alpha value is -3.29. The van der Waals surface area contributed by atoms with Gasteiger partial charge in [-0.1, -0.05) is 0 Å². The monoisotopic (exact) mass is 432 g/mol. The summed E-state index contributed by atoms with van der Waals surface area (Å²) in [5.41, 5.74) is 3.36. The number of nitrogens with zero attached hydrogens (tertiary/aromatic N) is 2. The first kappa shape index (κ1) is 20.6. The second-order valence-corrected chi connectivity index (χ2v) is 8.06. The van der Waals surface area contributed by atoms with E-state index in [1.807, 2.05) is 43.3 Å². The molecular weight excluding hydrogens is 404 g/mol. The summed E-state index contributed by atoms with van der Waals surface area (Å²) < 4.78 is 13.2. The van der Waals surface area contributed by atoms with Crippen LogP contribution in [0.25, 0.3) is 21.8 Å². The van der Waals surface area contributed by atoms with Gasteiger partial charge in [-0.05, 0) is 49.4 Å². The summed E-state index contributed by atoms with van der Waals surface area (Å²) >= 11 is 0. The van der Waals surface area contributed by atoms with E-state index in [-0.39, 0.29) is 5.91 Å². The summed E-state index contributed by atoms with van der Waals surface area (Å²) in [5.74, 6) is 0.627. The van der Waals surface area contributed by atoms with Gasteiger partial charge in [0.2, 0.25) is 0 Å². The van der Waals surface area contributed by atoms with Crippen LogP contribution < -0.4 is 10.1 Å². The number of hydrogen-bond acceptors (Lipinski definition) is 4. The number of benzene rings is 2. The lowest BCUT2D eigenvalue weighted by Crippen LogP contribution is -2.38. The third kappa shape index (κ3) is 4.35. The normalized spacial score (nSPS) is 14.8. The van der Waals surface area contributed by atoms with E-state index in [4.69, 9.17) is 9.47 Å². The van der Waals surface area contributed by atoms with Crippen molar-refractivity contribution in [1.29, 1.82) is 0 Å². The van der Waals surface area contributed by atoms with Crippen molar-refractivity contribution in [2.75, 3.05) is 44.8 Å². The first-order valence-corrected chi connectivity index (χ1v) is 11.2. The van der Waals surface area contributed by atoms with Crippen molar-refractivity contribution < 1.29 is 14.3 Å². The van der Waals surface area contributed by atoms with E-state index >= 15 is 0 Å². The standard InChI is InChI=1S/C25H28N4O3/c1-2-32-21-5-3-18-16-23(27-22(18)17-21)25(30)26-20-4-6-24-19(15-20)7-8-29(24)10-9-28-11-13-31-14-12-28/h3-8,15-17,27H,2,9-14H2,1H3,(H,26,30). The predicted octanol–water partition coefficient (Wildman–Crippen LogP) is 4.11. The van der Waals surface area contributed by atoms with Gasteiger partial charge in [0.05, 0.1) is 19.8 Å². The Morgan fingerprint density at radius 1 is 1.06 bits per heavy atom. The number of carbonyl (C=O) groups is 1. The molecule has 2 aromatic carbocycles. The van der Waals surface area contributed by atoms with E-state index in [0.29, 0.717) is 12.3 Å². The van der Waals surface area contributed by atoms with Crippen LogP contribution in [-0.4, -0.2) is 59.8 Å². The summed E-state index contributed by atoms with van der Waals surface area (Å²) in [7, 11) is 0.